The zero-order valence-electron chi connectivity index (χ0n) is 21.9. The molecule has 4 nitrogen and oxygen atoms in total. The number of nitrogens with zero attached hydrogens (tertiary/aromatic N) is 1. The summed E-state index contributed by atoms with van der Waals surface area (Å²) in [6.45, 7) is 3.02. The van der Waals surface area contributed by atoms with Crippen LogP contribution in [0, 0.1) is 5.92 Å². The standard InChI is InChI=1S/C34H31BrN2O2/c1-2-38-33-20-24(12-19-32(33)39-22-23-10-15-26(35)16-11-23)21-36-27-17-13-25(14-18-27)34-30-8-5-7-28(30)29-6-3-4-9-31(29)37-34/h3-7,9-21,28,30,34,37H,2,8,22H2,1H3/t28-,30+,34-/m0/s1. The third kappa shape index (κ3) is 5.64. The number of rotatable bonds is 8. The number of fused-ring (bicyclic) bond motifs is 3. The minimum Gasteiger partial charge on any atom is -0.490 e. The number of para-hydroxylation sites is 1. The summed E-state index contributed by atoms with van der Waals surface area (Å²) >= 11 is 3.47. The molecule has 6 rings (SSSR count). The summed E-state index contributed by atoms with van der Waals surface area (Å²) in [5, 5.41) is 3.80. The minimum absolute atomic E-state index is 0.289. The Bertz CT molecular complexity index is 1490. The van der Waals surface area contributed by atoms with E-state index in [-0.39, 0.29) is 6.04 Å². The van der Waals surface area contributed by atoms with Crippen molar-refractivity contribution in [3.63, 3.8) is 0 Å². The van der Waals surface area contributed by atoms with Crippen LogP contribution in [0.5, 0.6) is 11.5 Å². The van der Waals surface area contributed by atoms with Gasteiger partial charge in [0.2, 0.25) is 0 Å². The van der Waals surface area contributed by atoms with Gasteiger partial charge in [0, 0.05) is 22.3 Å². The van der Waals surface area contributed by atoms with Gasteiger partial charge >= 0.3 is 0 Å². The van der Waals surface area contributed by atoms with Gasteiger partial charge in [-0.3, -0.25) is 4.99 Å². The highest BCUT2D eigenvalue weighted by atomic mass is 79.9. The predicted octanol–water partition coefficient (Wildman–Crippen LogP) is 9.00. The van der Waals surface area contributed by atoms with Gasteiger partial charge < -0.3 is 14.8 Å². The van der Waals surface area contributed by atoms with E-state index in [1.165, 1.54) is 16.8 Å². The molecule has 4 aromatic rings. The highest BCUT2D eigenvalue weighted by Crippen LogP contribution is 2.49. The summed E-state index contributed by atoms with van der Waals surface area (Å²) in [7, 11) is 0. The van der Waals surface area contributed by atoms with Crippen molar-refractivity contribution >= 4 is 33.5 Å². The Balaban J connectivity index is 1.15. The molecule has 0 amide bonds. The van der Waals surface area contributed by atoms with Gasteiger partial charge in [0.25, 0.3) is 0 Å². The molecule has 0 spiro atoms. The fourth-order valence-corrected chi connectivity index (χ4v) is 5.79. The van der Waals surface area contributed by atoms with Crippen molar-refractivity contribution in [3.05, 3.63) is 130 Å². The first-order valence-electron chi connectivity index (χ1n) is 13.5. The predicted molar refractivity (Wildman–Crippen MR) is 163 cm³/mol. The highest BCUT2D eigenvalue weighted by Gasteiger charge is 2.37. The maximum absolute atomic E-state index is 6.06. The molecule has 0 radical (unpaired) electrons. The molecule has 0 bridgehead atoms. The van der Waals surface area contributed by atoms with E-state index in [9.17, 15) is 0 Å². The van der Waals surface area contributed by atoms with Crippen molar-refractivity contribution in [2.24, 2.45) is 10.9 Å². The Kier molecular flexibility index (Phi) is 7.51. The molecule has 1 N–H and O–H groups in total. The van der Waals surface area contributed by atoms with Crippen molar-refractivity contribution in [1.82, 2.24) is 0 Å². The molecule has 0 saturated carbocycles. The van der Waals surface area contributed by atoms with Gasteiger partial charge in [-0.2, -0.15) is 0 Å². The second kappa shape index (κ2) is 11.5. The number of benzene rings is 4. The number of hydrogen-bond acceptors (Lipinski definition) is 4. The third-order valence-electron chi connectivity index (χ3n) is 7.46. The molecular formula is C34H31BrN2O2. The SMILES string of the molecule is CCOc1cc(C=Nc2ccc([C@@H]3Nc4ccccc4[C@@H]4C=CC[C@H]43)cc2)ccc1OCc1ccc(Br)cc1. The summed E-state index contributed by atoms with van der Waals surface area (Å²) in [6, 6.07) is 31.7. The Morgan fingerprint density at radius 3 is 2.56 bits per heavy atom. The van der Waals surface area contributed by atoms with Crippen molar-refractivity contribution < 1.29 is 9.47 Å². The molecule has 0 unspecified atom stereocenters. The van der Waals surface area contributed by atoms with Gasteiger partial charge in [0.05, 0.1) is 18.3 Å². The quantitative estimate of drug-likeness (QED) is 0.167. The summed E-state index contributed by atoms with van der Waals surface area (Å²) in [5.41, 5.74) is 6.93. The molecule has 2 aliphatic rings. The van der Waals surface area contributed by atoms with Gasteiger partial charge in [-0.15, -0.1) is 0 Å². The number of ether oxygens (including phenoxy) is 2. The van der Waals surface area contributed by atoms with E-state index in [4.69, 9.17) is 14.5 Å². The summed E-state index contributed by atoms with van der Waals surface area (Å²) in [6.07, 6.45) is 7.69. The average molecular weight is 580 g/mol. The summed E-state index contributed by atoms with van der Waals surface area (Å²) in [4.78, 5) is 4.74. The molecule has 196 valence electrons. The number of halogens is 1. The van der Waals surface area contributed by atoms with Crippen molar-refractivity contribution in [2.45, 2.75) is 31.9 Å². The second-order valence-electron chi connectivity index (χ2n) is 9.97. The molecule has 0 fully saturated rings. The summed E-state index contributed by atoms with van der Waals surface area (Å²) in [5.74, 6) is 2.46. The normalized spacial score (nSPS) is 19.4. The van der Waals surface area contributed by atoms with Crippen LogP contribution in [0.4, 0.5) is 11.4 Å². The van der Waals surface area contributed by atoms with Crippen LogP contribution in [0.3, 0.4) is 0 Å². The minimum atomic E-state index is 0.289. The number of nitrogens with one attached hydrogen (secondary N) is 1. The zero-order valence-corrected chi connectivity index (χ0v) is 23.5. The summed E-state index contributed by atoms with van der Waals surface area (Å²) < 4.78 is 13.0. The average Bonchev–Trinajstić information content (AvgIpc) is 3.47. The third-order valence-corrected chi connectivity index (χ3v) is 7.99. The van der Waals surface area contributed by atoms with E-state index in [1.54, 1.807) is 0 Å². The van der Waals surface area contributed by atoms with Gasteiger partial charge in [0.15, 0.2) is 11.5 Å². The van der Waals surface area contributed by atoms with Gasteiger partial charge in [0.1, 0.15) is 6.61 Å². The van der Waals surface area contributed by atoms with E-state index < -0.39 is 0 Å². The molecule has 39 heavy (non-hydrogen) atoms. The van der Waals surface area contributed by atoms with E-state index in [0.29, 0.717) is 25.0 Å². The van der Waals surface area contributed by atoms with Gasteiger partial charge in [-0.25, -0.2) is 0 Å². The van der Waals surface area contributed by atoms with Crippen LogP contribution in [0.2, 0.25) is 0 Å². The molecule has 1 heterocycles. The van der Waals surface area contributed by atoms with Crippen LogP contribution in [-0.2, 0) is 6.61 Å². The van der Waals surface area contributed by atoms with Crippen molar-refractivity contribution in [1.29, 1.82) is 0 Å². The maximum atomic E-state index is 6.06. The van der Waals surface area contributed by atoms with Crippen LogP contribution < -0.4 is 14.8 Å². The van der Waals surface area contributed by atoms with Crippen molar-refractivity contribution in [2.75, 3.05) is 11.9 Å². The largest absolute Gasteiger partial charge is 0.490 e. The first-order valence-corrected chi connectivity index (χ1v) is 14.3. The molecule has 1 aliphatic heterocycles. The molecular weight excluding hydrogens is 548 g/mol. The monoisotopic (exact) mass is 578 g/mol. The number of allylic oxidation sites excluding steroid dienone is 2. The molecule has 3 atom stereocenters. The fourth-order valence-electron chi connectivity index (χ4n) is 5.52. The number of hydrogen-bond donors (Lipinski definition) is 1. The Morgan fingerprint density at radius 1 is 0.923 bits per heavy atom. The molecule has 1 aliphatic carbocycles. The van der Waals surface area contributed by atoms with E-state index in [0.717, 1.165) is 39.2 Å². The molecule has 4 aromatic carbocycles. The molecule has 0 saturated heterocycles. The van der Waals surface area contributed by atoms with E-state index in [1.807, 2.05) is 55.6 Å². The highest BCUT2D eigenvalue weighted by molar-refractivity contribution is 9.10. The number of anilines is 1. The van der Waals surface area contributed by atoms with Crippen LogP contribution in [-0.4, -0.2) is 12.8 Å². The van der Waals surface area contributed by atoms with E-state index in [2.05, 4.69) is 81.9 Å². The Labute approximate surface area is 238 Å². The molecule has 0 aromatic heterocycles. The first kappa shape index (κ1) is 25.4. The van der Waals surface area contributed by atoms with E-state index >= 15 is 0 Å². The van der Waals surface area contributed by atoms with Crippen LogP contribution in [0.25, 0.3) is 0 Å². The van der Waals surface area contributed by atoms with Crippen LogP contribution in [0.1, 0.15) is 47.6 Å². The molecule has 5 heteroatoms. The topological polar surface area (TPSA) is 42.8 Å². The number of aliphatic imine (C=N–C) groups is 1. The van der Waals surface area contributed by atoms with Crippen LogP contribution >= 0.6 is 15.9 Å². The fraction of sp³-hybridized carbons (Fsp3) is 0.206. The van der Waals surface area contributed by atoms with Crippen LogP contribution in [0.15, 0.2) is 113 Å². The Morgan fingerprint density at radius 2 is 1.74 bits per heavy atom. The first-order chi connectivity index (χ1) is 19.2. The maximum Gasteiger partial charge on any atom is 0.161 e. The Hall–Kier alpha value is -3.83. The van der Waals surface area contributed by atoms with Gasteiger partial charge in [-0.1, -0.05) is 70.5 Å². The smallest absolute Gasteiger partial charge is 0.161 e. The second-order valence-corrected chi connectivity index (χ2v) is 10.9. The lowest BCUT2D eigenvalue weighted by Crippen LogP contribution is -2.28. The zero-order chi connectivity index (χ0) is 26.6. The lowest BCUT2D eigenvalue weighted by Gasteiger charge is -2.37. The van der Waals surface area contributed by atoms with Crippen molar-refractivity contribution in [3.8, 4) is 11.5 Å². The lowest BCUT2D eigenvalue weighted by atomic mass is 9.77. The lowest BCUT2D eigenvalue weighted by molar-refractivity contribution is 0.269. The van der Waals surface area contributed by atoms with Gasteiger partial charge in [-0.05, 0) is 90.0 Å².